The molecule has 0 spiro atoms. The van der Waals surface area contributed by atoms with E-state index in [4.69, 9.17) is 0 Å². The minimum absolute atomic E-state index is 0.00949. The Morgan fingerprint density at radius 3 is 2.30 bits per heavy atom. The first kappa shape index (κ1) is 27.0. The van der Waals surface area contributed by atoms with Gasteiger partial charge in [0.2, 0.25) is 5.88 Å². The molecule has 2 amide bonds. The van der Waals surface area contributed by atoms with Crippen LogP contribution in [0, 0.1) is 0 Å². The largest absolute Gasteiger partial charge is 0.506 e. The molecule has 8 nitrogen and oxygen atoms in total. The number of phenolic OH excluding ortho intramolecular Hbond substituents is 1. The second-order valence-corrected chi connectivity index (χ2v) is 10.3. The molecule has 1 fully saturated rings. The number of alkyl halides is 3. The summed E-state index contributed by atoms with van der Waals surface area (Å²) < 4.78 is 41.9. The number of hydrogen-bond donors (Lipinski definition) is 3. The van der Waals surface area contributed by atoms with Gasteiger partial charge in [0.25, 0.3) is 11.1 Å². The lowest BCUT2D eigenvalue weighted by Gasteiger charge is -2.11. The van der Waals surface area contributed by atoms with Gasteiger partial charge in [0, 0.05) is 11.1 Å². The van der Waals surface area contributed by atoms with E-state index in [0.29, 0.717) is 11.3 Å². The van der Waals surface area contributed by atoms with Crippen LogP contribution in [-0.2, 0) is 11.0 Å². The van der Waals surface area contributed by atoms with Gasteiger partial charge in [0.1, 0.15) is 11.4 Å². The molecule has 1 saturated heterocycles. The van der Waals surface area contributed by atoms with Gasteiger partial charge in [-0.15, -0.1) is 10.2 Å². The average Bonchev–Trinajstić information content (AvgIpc) is 3.36. The van der Waals surface area contributed by atoms with Gasteiger partial charge in [0.15, 0.2) is 5.69 Å². The maximum Gasteiger partial charge on any atom is 0.416 e. The number of aromatic hydroxyl groups is 2. The number of nitrogens with one attached hydrogen (secondary N) is 1. The molecule has 12 heteroatoms. The van der Waals surface area contributed by atoms with Crippen molar-refractivity contribution in [2.24, 2.45) is 10.2 Å². The number of nitrogens with zero attached hydrogens (tertiary/aromatic N) is 3. The number of azo groups is 1. The number of rotatable bonds is 5. The molecule has 0 radical (unpaired) electrons. The van der Waals surface area contributed by atoms with Crippen LogP contribution in [-0.4, -0.2) is 25.9 Å². The van der Waals surface area contributed by atoms with Crippen LogP contribution in [0.15, 0.2) is 75.8 Å². The number of halogens is 3. The molecule has 1 aromatic heterocycles. The number of amides is 2. The molecule has 4 aromatic rings. The maximum atomic E-state index is 13.5. The number of carbonyl (C=O) groups is 2. The van der Waals surface area contributed by atoms with Crippen molar-refractivity contribution >= 4 is 51.3 Å². The quantitative estimate of drug-likeness (QED) is 0.168. The maximum absolute atomic E-state index is 13.5. The summed E-state index contributed by atoms with van der Waals surface area (Å²) in [5, 5.41) is 31.6. The fourth-order valence-electron chi connectivity index (χ4n) is 4.19. The minimum Gasteiger partial charge on any atom is -0.506 e. The van der Waals surface area contributed by atoms with Crippen LogP contribution in [0.4, 0.5) is 29.3 Å². The second kappa shape index (κ2) is 10.2. The number of thioether (sulfide) groups is 1. The highest BCUT2D eigenvalue weighted by atomic mass is 32.2. The summed E-state index contributed by atoms with van der Waals surface area (Å²) in [5.74, 6) is -1.04. The summed E-state index contributed by atoms with van der Waals surface area (Å²) in [6.07, 6.45) is -3.18. The summed E-state index contributed by atoms with van der Waals surface area (Å²) in [6, 6.07) is 14.4. The molecular formula is C28H21F3N4O4S. The van der Waals surface area contributed by atoms with Crippen LogP contribution in [0.5, 0.6) is 11.6 Å². The van der Waals surface area contributed by atoms with E-state index < -0.39 is 28.8 Å². The lowest BCUT2D eigenvalue weighted by molar-refractivity contribution is -0.137. The number of hydrogen-bond acceptors (Lipinski definition) is 7. The average molecular weight is 567 g/mol. The highest BCUT2D eigenvalue weighted by Gasteiger charge is 2.32. The molecule has 1 aliphatic heterocycles. The Kier molecular flexibility index (Phi) is 6.88. The zero-order valence-electron chi connectivity index (χ0n) is 21.0. The third-order valence-electron chi connectivity index (χ3n) is 6.26. The number of phenols is 1. The van der Waals surface area contributed by atoms with E-state index in [1.165, 1.54) is 34.9 Å². The van der Waals surface area contributed by atoms with Gasteiger partial charge in [-0.3, -0.25) is 19.5 Å². The van der Waals surface area contributed by atoms with Crippen LogP contribution < -0.4 is 5.32 Å². The standard InChI is InChI=1S/C28H21F3N4O4S/c1-14(2)16-4-7-18(8-5-16)35-21-13-17(28(29,30)31)6-9-19(21)24(26(35)38)34-33-20-10-3-15(11-22(20)36)12-23-25(37)32-27(39)40-23/h3-14,36,38H,1-2H3,(H,32,37,39)/b23-12+,34-33?. The zero-order chi connectivity index (χ0) is 28.8. The molecule has 40 heavy (non-hydrogen) atoms. The number of aromatic nitrogens is 1. The van der Waals surface area contributed by atoms with Crippen molar-refractivity contribution in [3.8, 4) is 17.3 Å². The number of benzene rings is 3. The Bertz CT molecular complexity index is 1720. The summed E-state index contributed by atoms with van der Waals surface area (Å²) >= 11 is 0.731. The van der Waals surface area contributed by atoms with E-state index >= 15 is 0 Å². The van der Waals surface area contributed by atoms with Crippen molar-refractivity contribution in [3.05, 3.63) is 82.3 Å². The third kappa shape index (κ3) is 5.17. The fourth-order valence-corrected chi connectivity index (χ4v) is 4.88. The highest BCUT2D eigenvalue weighted by molar-refractivity contribution is 8.18. The highest BCUT2D eigenvalue weighted by Crippen LogP contribution is 2.44. The smallest absolute Gasteiger partial charge is 0.416 e. The van der Waals surface area contributed by atoms with Gasteiger partial charge in [-0.25, -0.2) is 0 Å². The van der Waals surface area contributed by atoms with Gasteiger partial charge in [-0.2, -0.15) is 13.2 Å². The van der Waals surface area contributed by atoms with Gasteiger partial charge in [0.05, 0.1) is 16.0 Å². The van der Waals surface area contributed by atoms with Crippen LogP contribution in [0.2, 0.25) is 0 Å². The zero-order valence-corrected chi connectivity index (χ0v) is 21.8. The predicted molar refractivity (Wildman–Crippen MR) is 145 cm³/mol. The van der Waals surface area contributed by atoms with Crippen LogP contribution >= 0.6 is 11.8 Å². The molecule has 1 aliphatic rings. The van der Waals surface area contributed by atoms with Crippen LogP contribution in [0.1, 0.15) is 36.5 Å². The number of fused-ring (bicyclic) bond motifs is 1. The van der Waals surface area contributed by atoms with Gasteiger partial charge < -0.3 is 10.2 Å². The van der Waals surface area contributed by atoms with Crippen molar-refractivity contribution in [2.45, 2.75) is 25.9 Å². The minimum atomic E-state index is -4.60. The molecular weight excluding hydrogens is 545 g/mol. The first-order valence-corrected chi connectivity index (χ1v) is 12.8. The predicted octanol–water partition coefficient (Wildman–Crippen LogP) is 7.92. The molecule has 204 valence electrons. The third-order valence-corrected chi connectivity index (χ3v) is 7.07. The molecule has 0 atom stereocenters. The van der Waals surface area contributed by atoms with E-state index in [1.54, 1.807) is 12.1 Å². The van der Waals surface area contributed by atoms with Crippen molar-refractivity contribution in [3.63, 3.8) is 0 Å². The molecule has 3 aromatic carbocycles. The fraction of sp³-hybridized carbons (Fsp3) is 0.143. The summed E-state index contributed by atoms with van der Waals surface area (Å²) in [4.78, 5) is 23.3. The van der Waals surface area contributed by atoms with E-state index in [1.807, 2.05) is 26.0 Å². The molecule has 0 aliphatic carbocycles. The molecule has 2 heterocycles. The number of carbonyl (C=O) groups excluding carboxylic acids is 2. The Hall–Kier alpha value is -4.58. The Labute approximate surface area is 229 Å². The van der Waals surface area contributed by atoms with Gasteiger partial charge >= 0.3 is 6.18 Å². The normalized spacial score (nSPS) is 15.2. The summed E-state index contributed by atoms with van der Waals surface area (Å²) in [7, 11) is 0. The molecule has 0 unspecified atom stereocenters. The van der Waals surface area contributed by atoms with Crippen molar-refractivity contribution in [1.29, 1.82) is 0 Å². The Balaban J connectivity index is 1.57. The van der Waals surface area contributed by atoms with E-state index in [-0.39, 0.29) is 38.9 Å². The van der Waals surface area contributed by atoms with E-state index in [0.717, 1.165) is 29.5 Å². The van der Waals surface area contributed by atoms with Crippen molar-refractivity contribution in [1.82, 2.24) is 9.88 Å². The van der Waals surface area contributed by atoms with Crippen molar-refractivity contribution in [2.75, 3.05) is 0 Å². The first-order chi connectivity index (χ1) is 18.9. The lowest BCUT2D eigenvalue weighted by Crippen LogP contribution is -2.17. The first-order valence-electron chi connectivity index (χ1n) is 12.0. The van der Waals surface area contributed by atoms with Crippen molar-refractivity contribution < 1.29 is 33.0 Å². The molecule has 0 saturated carbocycles. The van der Waals surface area contributed by atoms with Gasteiger partial charge in [-0.05, 0) is 77.3 Å². The van der Waals surface area contributed by atoms with E-state index in [2.05, 4.69) is 15.5 Å². The Morgan fingerprint density at radius 2 is 1.70 bits per heavy atom. The molecule has 0 bridgehead atoms. The summed E-state index contributed by atoms with van der Waals surface area (Å²) in [6.45, 7) is 4.02. The number of imide groups is 1. The van der Waals surface area contributed by atoms with E-state index in [9.17, 15) is 33.0 Å². The summed E-state index contributed by atoms with van der Waals surface area (Å²) in [5.41, 5.74) is 0.984. The molecule has 3 N–H and O–H groups in total. The topological polar surface area (TPSA) is 116 Å². The SMILES string of the molecule is CC(C)c1ccc(-n2c(O)c(N=Nc3ccc(/C=C4/SC(=O)NC4=O)cc3O)c3ccc(C(F)(F)F)cc32)cc1. The van der Waals surface area contributed by atoms with Gasteiger partial charge in [-0.1, -0.05) is 32.0 Å². The molecule has 5 rings (SSSR count). The van der Waals surface area contributed by atoms with Crippen LogP contribution in [0.25, 0.3) is 22.7 Å². The second-order valence-electron chi connectivity index (χ2n) is 9.28. The van der Waals surface area contributed by atoms with Crippen LogP contribution in [0.3, 0.4) is 0 Å². The lowest BCUT2D eigenvalue weighted by atomic mass is 10.0. The monoisotopic (exact) mass is 566 g/mol. The Morgan fingerprint density at radius 1 is 0.975 bits per heavy atom.